The molecule has 1 aliphatic rings. The predicted octanol–water partition coefficient (Wildman–Crippen LogP) is 4.38. The van der Waals surface area contributed by atoms with E-state index in [0.29, 0.717) is 0 Å². The number of rotatable bonds is 4. The van der Waals surface area contributed by atoms with Crippen LogP contribution in [-0.4, -0.2) is 28.0 Å². The summed E-state index contributed by atoms with van der Waals surface area (Å²) in [6.45, 7) is 2.55. The van der Waals surface area contributed by atoms with Gasteiger partial charge in [0.15, 0.2) is 0 Å². The van der Waals surface area contributed by atoms with Crippen molar-refractivity contribution in [2.75, 3.05) is 18.8 Å². The Bertz CT molecular complexity index is 959. The van der Waals surface area contributed by atoms with Crippen LogP contribution in [0, 0.1) is 11.6 Å². The molecule has 4 rings (SSSR count). The zero-order chi connectivity index (χ0) is 19.5. The van der Waals surface area contributed by atoms with E-state index in [2.05, 4.69) is 14.9 Å². The van der Waals surface area contributed by atoms with Crippen LogP contribution in [0.1, 0.15) is 30.0 Å². The topological polar surface area (TPSA) is 55.0 Å². The molecule has 1 fully saturated rings. The molecule has 1 saturated heterocycles. The number of anilines is 1. The first-order valence-electron chi connectivity index (χ1n) is 9.43. The van der Waals surface area contributed by atoms with Crippen molar-refractivity contribution in [2.24, 2.45) is 0 Å². The fourth-order valence-corrected chi connectivity index (χ4v) is 3.87. The van der Waals surface area contributed by atoms with Crippen molar-refractivity contribution in [1.29, 1.82) is 0 Å². The van der Waals surface area contributed by atoms with Crippen molar-refractivity contribution in [1.82, 2.24) is 14.9 Å². The summed E-state index contributed by atoms with van der Waals surface area (Å²) in [4.78, 5) is 11.0. The molecule has 0 amide bonds. The number of aromatic nitrogens is 2. The number of halogens is 2. The van der Waals surface area contributed by atoms with Crippen LogP contribution in [0.15, 0.2) is 54.7 Å². The lowest BCUT2D eigenvalue weighted by Gasteiger charge is -2.33. The van der Waals surface area contributed by atoms with E-state index in [0.717, 1.165) is 54.9 Å². The number of piperidine rings is 1. The zero-order valence-electron chi connectivity index (χ0n) is 15.5. The largest absolute Gasteiger partial charge is 0.368 e. The van der Waals surface area contributed by atoms with Gasteiger partial charge in [-0.05, 0) is 54.8 Å². The zero-order valence-corrected chi connectivity index (χ0v) is 15.5. The molecule has 0 aliphatic carbocycles. The van der Waals surface area contributed by atoms with E-state index in [1.54, 1.807) is 12.3 Å². The molecule has 28 heavy (non-hydrogen) atoms. The van der Waals surface area contributed by atoms with Gasteiger partial charge in [-0.3, -0.25) is 4.90 Å². The van der Waals surface area contributed by atoms with Gasteiger partial charge in [-0.2, -0.15) is 0 Å². The molecule has 2 aromatic carbocycles. The lowest BCUT2D eigenvalue weighted by Crippen LogP contribution is -2.34. The first-order valence-corrected chi connectivity index (χ1v) is 9.43. The van der Waals surface area contributed by atoms with Gasteiger partial charge in [0.25, 0.3) is 0 Å². The Kier molecular flexibility index (Phi) is 5.30. The van der Waals surface area contributed by atoms with E-state index in [1.807, 2.05) is 18.2 Å². The fourth-order valence-electron chi connectivity index (χ4n) is 3.87. The second kappa shape index (κ2) is 8.02. The molecule has 1 atom stereocenters. The van der Waals surface area contributed by atoms with E-state index in [4.69, 9.17) is 5.73 Å². The van der Waals surface area contributed by atoms with Gasteiger partial charge in [0, 0.05) is 30.8 Å². The van der Waals surface area contributed by atoms with Gasteiger partial charge >= 0.3 is 0 Å². The van der Waals surface area contributed by atoms with E-state index in [-0.39, 0.29) is 23.5 Å². The van der Waals surface area contributed by atoms with Crippen LogP contribution in [0.4, 0.5) is 14.7 Å². The van der Waals surface area contributed by atoms with Crippen LogP contribution >= 0.6 is 0 Å². The maximum Gasteiger partial charge on any atom is 0.220 e. The summed E-state index contributed by atoms with van der Waals surface area (Å²) in [6.07, 6.45) is 3.70. The second-order valence-electron chi connectivity index (χ2n) is 7.24. The summed E-state index contributed by atoms with van der Waals surface area (Å²) in [5.41, 5.74) is 9.39. The summed E-state index contributed by atoms with van der Waals surface area (Å²) >= 11 is 0. The number of nitrogens with two attached hydrogens (primary N) is 1. The Morgan fingerprint density at radius 1 is 1.07 bits per heavy atom. The average molecular weight is 380 g/mol. The summed E-state index contributed by atoms with van der Waals surface area (Å²) < 4.78 is 26.9. The van der Waals surface area contributed by atoms with Gasteiger partial charge in [0.2, 0.25) is 5.95 Å². The van der Waals surface area contributed by atoms with Crippen LogP contribution in [0.2, 0.25) is 0 Å². The van der Waals surface area contributed by atoms with E-state index in [9.17, 15) is 8.78 Å². The molecular weight excluding hydrogens is 358 g/mol. The number of hydrogen-bond donors (Lipinski definition) is 1. The number of benzene rings is 2. The molecule has 0 spiro atoms. The molecule has 4 nitrogen and oxygen atoms in total. The molecule has 1 aromatic heterocycles. The Balaban J connectivity index is 1.59. The normalized spacial score (nSPS) is 17.6. The maximum atomic E-state index is 13.7. The van der Waals surface area contributed by atoms with Crippen molar-refractivity contribution >= 4 is 5.95 Å². The van der Waals surface area contributed by atoms with Crippen LogP contribution in [0.25, 0.3) is 11.1 Å². The van der Waals surface area contributed by atoms with E-state index in [1.165, 1.54) is 24.3 Å². The Hall–Kier alpha value is -2.86. The third kappa shape index (κ3) is 4.17. The highest BCUT2D eigenvalue weighted by molar-refractivity contribution is 5.66. The van der Waals surface area contributed by atoms with Gasteiger partial charge in [0.1, 0.15) is 11.6 Å². The molecule has 1 unspecified atom stereocenters. The molecule has 1 aliphatic heterocycles. The highest BCUT2D eigenvalue weighted by atomic mass is 19.1. The maximum absolute atomic E-state index is 13.7. The van der Waals surface area contributed by atoms with Gasteiger partial charge < -0.3 is 5.73 Å². The third-order valence-electron chi connectivity index (χ3n) is 5.18. The van der Waals surface area contributed by atoms with Crippen molar-refractivity contribution in [3.8, 4) is 11.1 Å². The predicted molar refractivity (Wildman–Crippen MR) is 105 cm³/mol. The lowest BCUT2D eigenvalue weighted by molar-refractivity contribution is 0.198. The van der Waals surface area contributed by atoms with Crippen LogP contribution in [0.5, 0.6) is 0 Å². The minimum atomic E-state index is -0.290. The molecule has 2 heterocycles. The van der Waals surface area contributed by atoms with Crippen molar-refractivity contribution < 1.29 is 8.78 Å². The van der Waals surface area contributed by atoms with E-state index >= 15 is 0 Å². The standard InChI is InChI=1S/C22H22F2N4/c23-18-8-6-15(7-9-18)13-28-10-2-4-17(14-28)21-20(12-26-22(25)27-21)16-3-1-5-19(24)11-16/h1,3,5-9,11-12,17H,2,4,10,13-14H2,(H2,25,26,27). The molecule has 0 bridgehead atoms. The Morgan fingerprint density at radius 2 is 1.89 bits per heavy atom. The minimum Gasteiger partial charge on any atom is -0.368 e. The summed E-state index contributed by atoms with van der Waals surface area (Å²) in [5.74, 6) is -0.109. The third-order valence-corrected chi connectivity index (χ3v) is 5.18. The number of nitrogen functional groups attached to an aromatic ring is 1. The molecule has 144 valence electrons. The van der Waals surface area contributed by atoms with Crippen molar-refractivity contribution in [3.63, 3.8) is 0 Å². The average Bonchev–Trinajstić information content (AvgIpc) is 2.70. The smallest absolute Gasteiger partial charge is 0.220 e. The van der Waals surface area contributed by atoms with Crippen molar-refractivity contribution in [2.45, 2.75) is 25.3 Å². The van der Waals surface area contributed by atoms with E-state index < -0.39 is 0 Å². The summed E-state index contributed by atoms with van der Waals surface area (Å²) in [6, 6.07) is 13.1. The minimum absolute atomic E-state index is 0.178. The van der Waals surface area contributed by atoms with Crippen LogP contribution < -0.4 is 5.73 Å². The lowest BCUT2D eigenvalue weighted by atomic mass is 9.89. The number of nitrogens with zero attached hydrogens (tertiary/aromatic N) is 3. The van der Waals surface area contributed by atoms with Crippen molar-refractivity contribution in [3.05, 3.63) is 77.6 Å². The van der Waals surface area contributed by atoms with Gasteiger partial charge in [-0.1, -0.05) is 24.3 Å². The molecule has 0 saturated carbocycles. The number of hydrogen-bond acceptors (Lipinski definition) is 4. The SMILES string of the molecule is Nc1ncc(-c2cccc(F)c2)c(C2CCCN(Cc3ccc(F)cc3)C2)n1. The quantitative estimate of drug-likeness (QED) is 0.730. The fraction of sp³-hybridized carbons (Fsp3) is 0.273. The molecule has 2 N–H and O–H groups in total. The highest BCUT2D eigenvalue weighted by Crippen LogP contribution is 2.34. The van der Waals surface area contributed by atoms with Gasteiger partial charge in [-0.25, -0.2) is 18.7 Å². The summed E-state index contributed by atoms with van der Waals surface area (Å²) in [5, 5.41) is 0. The molecular formula is C22H22F2N4. The highest BCUT2D eigenvalue weighted by Gasteiger charge is 2.25. The number of likely N-dealkylation sites (tertiary alicyclic amines) is 1. The second-order valence-corrected chi connectivity index (χ2v) is 7.24. The molecule has 0 radical (unpaired) electrons. The monoisotopic (exact) mass is 380 g/mol. The first kappa shape index (κ1) is 18.5. The van der Waals surface area contributed by atoms with Crippen LogP contribution in [0.3, 0.4) is 0 Å². The molecule has 6 heteroatoms. The summed E-state index contributed by atoms with van der Waals surface area (Å²) in [7, 11) is 0. The van der Waals surface area contributed by atoms with Crippen LogP contribution in [-0.2, 0) is 6.54 Å². The first-order chi connectivity index (χ1) is 13.6. The molecule has 3 aromatic rings. The Labute approximate surface area is 163 Å². The van der Waals surface area contributed by atoms with Gasteiger partial charge in [-0.15, -0.1) is 0 Å². The Morgan fingerprint density at radius 3 is 2.68 bits per heavy atom. The van der Waals surface area contributed by atoms with Gasteiger partial charge in [0.05, 0.1) is 5.69 Å².